The molecule has 0 spiro atoms. The molecule has 0 aromatic heterocycles. The molecule has 0 fully saturated rings. The Kier molecular flexibility index (Phi) is 5.86. The number of benzene rings is 1. The van der Waals surface area contributed by atoms with Crippen LogP contribution in [-0.4, -0.2) is 13.1 Å². The first-order valence-corrected chi connectivity index (χ1v) is 6.47. The zero-order chi connectivity index (χ0) is 12.0. The summed E-state index contributed by atoms with van der Waals surface area (Å²) in [7, 11) is 0. The maximum absolute atomic E-state index is 5.89. The van der Waals surface area contributed by atoms with E-state index in [0.29, 0.717) is 11.8 Å². The SMILES string of the molecule is CCC(CNCC(C)C)c1ccc(Cl)cc1. The van der Waals surface area contributed by atoms with Gasteiger partial charge in [-0.3, -0.25) is 0 Å². The van der Waals surface area contributed by atoms with Gasteiger partial charge >= 0.3 is 0 Å². The number of halogens is 1. The van der Waals surface area contributed by atoms with Gasteiger partial charge in [0.2, 0.25) is 0 Å². The number of hydrogen-bond acceptors (Lipinski definition) is 1. The Balaban J connectivity index is 2.50. The summed E-state index contributed by atoms with van der Waals surface area (Å²) >= 11 is 5.89. The van der Waals surface area contributed by atoms with Gasteiger partial charge < -0.3 is 5.32 Å². The van der Waals surface area contributed by atoms with Crippen molar-refractivity contribution in [3.63, 3.8) is 0 Å². The Morgan fingerprint density at radius 1 is 1.12 bits per heavy atom. The zero-order valence-electron chi connectivity index (χ0n) is 10.5. The molecular formula is C14H22ClN. The van der Waals surface area contributed by atoms with E-state index in [1.165, 1.54) is 5.56 Å². The van der Waals surface area contributed by atoms with Gasteiger partial charge in [-0.25, -0.2) is 0 Å². The monoisotopic (exact) mass is 239 g/mol. The van der Waals surface area contributed by atoms with Gasteiger partial charge in [-0.15, -0.1) is 0 Å². The second-order valence-electron chi connectivity index (χ2n) is 4.71. The zero-order valence-corrected chi connectivity index (χ0v) is 11.2. The lowest BCUT2D eigenvalue weighted by Gasteiger charge is -2.17. The summed E-state index contributed by atoms with van der Waals surface area (Å²) in [4.78, 5) is 0. The van der Waals surface area contributed by atoms with Crippen molar-refractivity contribution in [3.05, 3.63) is 34.9 Å². The Labute approximate surface area is 104 Å². The van der Waals surface area contributed by atoms with Crippen LogP contribution in [0.15, 0.2) is 24.3 Å². The lowest BCUT2D eigenvalue weighted by Crippen LogP contribution is -2.25. The van der Waals surface area contributed by atoms with Crippen LogP contribution in [0.4, 0.5) is 0 Å². The van der Waals surface area contributed by atoms with Crippen LogP contribution in [0, 0.1) is 5.92 Å². The molecule has 2 heteroatoms. The highest BCUT2D eigenvalue weighted by Gasteiger charge is 2.08. The van der Waals surface area contributed by atoms with E-state index >= 15 is 0 Å². The van der Waals surface area contributed by atoms with Crippen LogP contribution in [0.1, 0.15) is 38.7 Å². The smallest absolute Gasteiger partial charge is 0.0406 e. The fraction of sp³-hybridized carbons (Fsp3) is 0.571. The summed E-state index contributed by atoms with van der Waals surface area (Å²) in [6.07, 6.45) is 1.16. The predicted octanol–water partition coefficient (Wildman–Crippen LogP) is 4.08. The standard InChI is InChI=1S/C14H22ClN/c1-4-12(10-16-9-11(2)3)13-5-7-14(15)8-6-13/h5-8,11-12,16H,4,9-10H2,1-3H3. The van der Waals surface area contributed by atoms with E-state index in [9.17, 15) is 0 Å². The Hall–Kier alpha value is -0.530. The number of rotatable bonds is 6. The highest BCUT2D eigenvalue weighted by molar-refractivity contribution is 6.30. The van der Waals surface area contributed by atoms with Gasteiger partial charge in [0.15, 0.2) is 0 Å². The molecule has 0 heterocycles. The van der Waals surface area contributed by atoms with Crippen LogP contribution in [-0.2, 0) is 0 Å². The normalized spacial score (nSPS) is 13.1. The van der Waals surface area contributed by atoms with Crippen LogP contribution in [0.3, 0.4) is 0 Å². The van der Waals surface area contributed by atoms with Crippen molar-refractivity contribution in [1.82, 2.24) is 5.32 Å². The van der Waals surface area contributed by atoms with Crippen molar-refractivity contribution in [2.75, 3.05) is 13.1 Å². The van der Waals surface area contributed by atoms with E-state index in [0.717, 1.165) is 24.5 Å². The molecule has 1 atom stereocenters. The molecular weight excluding hydrogens is 218 g/mol. The number of hydrogen-bond donors (Lipinski definition) is 1. The second-order valence-corrected chi connectivity index (χ2v) is 5.15. The summed E-state index contributed by atoms with van der Waals surface area (Å²) in [5, 5.41) is 4.33. The summed E-state index contributed by atoms with van der Waals surface area (Å²) in [6.45, 7) is 8.84. The van der Waals surface area contributed by atoms with Crippen LogP contribution in [0.25, 0.3) is 0 Å². The van der Waals surface area contributed by atoms with E-state index < -0.39 is 0 Å². The molecule has 1 nitrogen and oxygen atoms in total. The molecule has 1 rings (SSSR count). The average molecular weight is 240 g/mol. The van der Waals surface area contributed by atoms with Crippen molar-refractivity contribution >= 4 is 11.6 Å². The third kappa shape index (κ3) is 4.54. The van der Waals surface area contributed by atoms with E-state index in [-0.39, 0.29) is 0 Å². The van der Waals surface area contributed by atoms with Crippen molar-refractivity contribution in [1.29, 1.82) is 0 Å². The van der Waals surface area contributed by atoms with E-state index in [1.807, 2.05) is 12.1 Å². The van der Waals surface area contributed by atoms with Gasteiger partial charge in [-0.2, -0.15) is 0 Å². The van der Waals surface area contributed by atoms with Gasteiger partial charge in [0.25, 0.3) is 0 Å². The lowest BCUT2D eigenvalue weighted by molar-refractivity contribution is 0.509. The van der Waals surface area contributed by atoms with Crippen LogP contribution < -0.4 is 5.32 Å². The molecule has 0 radical (unpaired) electrons. The summed E-state index contributed by atoms with van der Waals surface area (Å²) in [5.41, 5.74) is 1.38. The molecule has 1 aromatic carbocycles. The highest BCUT2D eigenvalue weighted by atomic mass is 35.5. The first kappa shape index (κ1) is 13.5. The molecule has 16 heavy (non-hydrogen) atoms. The van der Waals surface area contributed by atoms with Crippen molar-refractivity contribution < 1.29 is 0 Å². The number of nitrogens with one attached hydrogen (secondary N) is 1. The Bertz CT molecular complexity index is 292. The van der Waals surface area contributed by atoms with E-state index in [4.69, 9.17) is 11.6 Å². The lowest BCUT2D eigenvalue weighted by atomic mass is 9.96. The minimum Gasteiger partial charge on any atom is -0.316 e. The van der Waals surface area contributed by atoms with Crippen molar-refractivity contribution in [3.8, 4) is 0 Å². The molecule has 0 amide bonds. The molecule has 0 aliphatic heterocycles. The Morgan fingerprint density at radius 2 is 1.75 bits per heavy atom. The minimum absolute atomic E-state index is 0.594. The second kappa shape index (κ2) is 6.93. The van der Waals surface area contributed by atoms with Crippen molar-refractivity contribution in [2.45, 2.75) is 33.1 Å². The molecule has 1 N–H and O–H groups in total. The average Bonchev–Trinajstić information content (AvgIpc) is 2.26. The molecule has 0 aliphatic rings. The molecule has 1 aromatic rings. The molecule has 90 valence electrons. The molecule has 0 bridgehead atoms. The summed E-state index contributed by atoms with van der Waals surface area (Å²) < 4.78 is 0. The summed E-state index contributed by atoms with van der Waals surface area (Å²) in [5.74, 6) is 1.30. The first-order chi connectivity index (χ1) is 7.63. The van der Waals surface area contributed by atoms with Gasteiger partial charge in [0.1, 0.15) is 0 Å². The molecule has 0 aliphatic carbocycles. The van der Waals surface area contributed by atoms with Crippen LogP contribution >= 0.6 is 11.6 Å². The molecule has 0 saturated carbocycles. The Morgan fingerprint density at radius 3 is 2.25 bits per heavy atom. The summed E-state index contributed by atoms with van der Waals surface area (Å²) in [6, 6.07) is 8.21. The fourth-order valence-corrected chi connectivity index (χ4v) is 1.91. The maximum atomic E-state index is 5.89. The fourth-order valence-electron chi connectivity index (χ4n) is 1.78. The van der Waals surface area contributed by atoms with E-state index in [2.05, 4.69) is 38.2 Å². The topological polar surface area (TPSA) is 12.0 Å². The predicted molar refractivity (Wildman–Crippen MR) is 72.2 cm³/mol. The van der Waals surface area contributed by atoms with Crippen LogP contribution in [0.5, 0.6) is 0 Å². The van der Waals surface area contributed by atoms with Gasteiger partial charge in [-0.1, -0.05) is 44.5 Å². The molecule has 0 saturated heterocycles. The quantitative estimate of drug-likeness (QED) is 0.789. The van der Waals surface area contributed by atoms with Gasteiger partial charge in [0.05, 0.1) is 0 Å². The van der Waals surface area contributed by atoms with Gasteiger partial charge in [-0.05, 0) is 42.5 Å². The van der Waals surface area contributed by atoms with Crippen molar-refractivity contribution in [2.24, 2.45) is 5.92 Å². The minimum atomic E-state index is 0.594. The third-order valence-electron chi connectivity index (χ3n) is 2.78. The highest BCUT2D eigenvalue weighted by Crippen LogP contribution is 2.20. The van der Waals surface area contributed by atoms with Crippen LogP contribution in [0.2, 0.25) is 5.02 Å². The van der Waals surface area contributed by atoms with E-state index in [1.54, 1.807) is 0 Å². The maximum Gasteiger partial charge on any atom is 0.0406 e. The first-order valence-electron chi connectivity index (χ1n) is 6.09. The molecule has 1 unspecified atom stereocenters. The third-order valence-corrected chi connectivity index (χ3v) is 3.03. The van der Waals surface area contributed by atoms with Gasteiger partial charge in [0, 0.05) is 11.6 Å². The largest absolute Gasteiger partial charge is 0.316 e.